The molecule has 2 bridgehead atoms. The maximum atomic E-state index is 12.5. The quantitative estimate of drug-likeness (QED) is 0.830. The minimum atomic E-state index is -1.09. The van der Waals surface area contributed by atoms with Crippen molar-refractivity contribution in [3.05, 3.63) is 23.8 Å². The fourth-order valence-corrected chi connectivity index (χ4v) is 4.31. The highest BCUT2D eigenvalue weighted by molar-refractivity contribution is 5.85. The number of hydrogen-bond donors (Lipinski definition) is 1. The Morgan fingerprint density at radius 3 is 2.42 bits per heavy atom. The van der Waals surface area contributed by atoms with Crippen LogP contribution in [0.3, 0.4) is 0 Å². The van der Waals surface area contributed by atoms with Gasteiger partial charge in [0, 0.05) is 24.3 Å². The summed E-state index contributed by atoms with van der Waals surface area (Å²) in [5.74, 6) is -0.905. The number of ether oxygens (including phenoxy) is 2. The molecule has 6 heteroatoms. The number of amides is 1. The predicted octanol–water partition coefficient (Wildman–Crippen LogP) is 0.732. The monoisotopic (exact) mass is 332 g/mol. The molecule has 1 amide bonds. The van der Waals surface area contributed by atoms with Crippen molar-refractivity contribution in [2.24, 2.45) is 23.7 Å². The van der Waals surface area contributed by atoms with Crippen LogP contribution in [0.25, 0.3) is 0 Å². The maximum Gasteiger partial charge on any atom is 0.224 e. The van der Waals surface area contributed by atoms with Crippen LogP contribution in [0.1, 0.15) is 24.8 Å². The van der Waals surface area contributed by atoms with E-state index in [4.69, 9.17) is 9.47 Å². The van der Waals surface area contributed by atoms with Gasteiger partial charge in [0.25, 0.3) is 0 Å². The van der Waals surface area contributed by atoms with Crippen LogP contribution >= 0.6 is 0 Å². The van der Waals surface area contributed by atoms with Crippen LogP contribution in [0.15, 0.2) is 18.2 Å². The molecule has 2 fully saturated rings. The zero-order valence-electron chi connectivity index (χ0n) is 13.9. The van der Waals surface area contributed by atoms with Crippen molar-refractivity contribution in [2.45, 2.75) is 25.8 Å². The van der Waals surface area contributed by atoms with E-state index in [1.165, 1.54) is 0 Å². The Kier molecular flexibility index (Phi) is 4.64. The summed E-state index contributed by atoms with van der Waals surface area (Å²) in [5, 5.41) is 14.3. The third-order valence-corrected chi connectivity index (χ3v) is 5.41. The van der Waals surface area contributed by atoms with Crippen molar-refractivity contribution in [1.82, 2.24) is 5.32 Å². The van der Waals surface area contributed by atoms with E-state index in [1.54, 1.807) is 26.4 Å². The lowest BCUT2D eigenvalue weighted by atomic mass is 9.78. The Balaban J connectivity index is 1.66. The van der Waals surface area contributed by atoms with Gasteiger partial charge in [0.15, 0.2) is 11.5 Å². The Morgan fingerprint density at radius 2 is 1.79 bits per heavy atom. The van der Waals surface area contributed by atoms with Gasteiger partial charge in [-0.1, -0.05) is 6.07 Å². The van der Waals surface area contributed by atoms with E-state index in [9.17, 15) is 14.7 Å². The highest BCUT2D eigenvalue weighted by Crippen LogP contribution is 2.52. The molecule has 130 valence electrons. The second-order valence-corrected chi connectivity index (χ2v) is 6.61. The first-order chi connectivity index (χ1) is 11.5. The highest BCUT2D eigenvalue weighted by Gasteiger charge is 2.51. The number of carbonyl (C=O) groups is 2. The predicted molar refractivity (Wildman–Crippen MR) is 84.2 cm³/mol. The van der Waals surface area contributed by atoms with E-state index in [0.717, 1.165) is 24.8 Å². The lowest BCUT2D eigenvalue weighted by Crippen LogP contribution is -2.45. The van der Waals surface area contributed by atoms with Gasteiger partial charge in [0.1, 0.15) is 0 Å². The molecule has 24 heavy (non-hydrogen) atoms. The molecule has 0 radical (unpaired) electrons. The van der Waals surface area contributed by atoms with Crippen molar-refractivity contribution in [1.29, 1.82) is 0 Å². The fraction of sp³-hybridized carbons (Fsp3) is 0.556. The number of hydrogen-bond acceptors (Lipinski definition) is 5. The molecule has 0 unspecified atom stereocenters. The van der Waals surface area contributed by atoms with Gasteiger partial charge in [-0.25, -0.2) is 0 Å². The zero-order chi connectivity index (χ0) is 17.3. The number of fused-ring (bicyclic) bond motifs is 2. The van der Waals surface area contributed by atoms with Crippen LogP contribution in [0, 0.1) is 23.7 Å². The molecule has 1 aromatic carbocycles. The third-order valence-electron chi connectivity index (χ3n) is 5.41. The first kappa shape index (κ1) is 16.6. The van der Waals surface area contributed by atoms with Crippen LogP contribution < -0.4 is 19.9 Å². The average molecular weight is 332 g/mol. The molecule has 0 heterocycles. The minimum absolute atomic E-state index is 0.0943. The van der Waals surface area contributed by atoms with Crippen molar-refractivity contribution in [2.75, 3.05) is 14.2 Å². The number of rotatable bonds is 6. The van der Waals surface area contributed by atoms with Gasteiger partial charge in [-0.05, 0) is 48.8 Å². The van der Waals surface area contributed by atoms with Crippen molar-refractivity contribution in [3.8, 4) is 11.5 Å². The van der Waals surface area contributed by atoms with Gasteiger partial charge in [-0.3, -0.25) is 4.79 Å². The van der Waals surface area contributed by atoms with E-state index in [0.29, 0.717) is 18.0 Å². The van der Waals surface area contributed by atoms with Gasteiger partial charge < -0.3 is 24.7 Å². The first-order valence-electron chi connectivity index (χ1n) is 8.24. The molecule has 3 rings (SSSR count). The molecule has 4 atom stereocenters. The standard InChI is InChI=1S/C18H23NO5/c1-23-13-6-3-10(7-14(13)24-2)9-19-17(20)15-11-4-5-12(8-11)16(15)18(21)22/h3,6-7,11-12,15-16H,4-5,8-9H2,1-2H3,(H,19,20)(H,21,22)/p-1/t11-,12+,15+,16+/m1/s1. The molecule has 2 saturated carbocycles. The summed E-state index contributed by atoms with van der Waals surface area (Å²) in [7, 11) is 3.12. The smallest absolute Gasteiger partial charge is 0.224 e. The van der Waals surface area contributed by atoms with E-state index in [2.05, 4.69) is 5.32 Å². The van der Waals surface area contributed by atoms with Gasteiger partial charge >= 0.3 is 0 Å². The highest BCUT2D eigenvalue weighted by atomic mass is 16.5. The molecule has 6 nitrogen and oxygen atoms in total. The summed E-state index contributed by atoms with van der Waals surface area (Å²) in [6.07, 6.45) is 2.65. The number of methoxy groups -OCH3 is 2. The van der Waals surface area contributed by atoms with Crippen molar-refractivity contribution >= 4 is 11.9 Å². The summed E-state index contributed by atoms with van der Waals surface area (Å²) < 4.78 is 10.4. The van der Waals surface area contributed by atoms with E-state index >= 15 is 0 Å². The van der Waals surface area contributed by atoms with E-state index in [1.807, 2.05) is 6.07 Å². The van der Waals surface area contributed by atoms with Crippen molar-refractivity contribution in [3.63, 3.8) is 0 Å². The average Bonchev–Trinajstić information content (AvgIpc) is 3.20. The molecule has 0 aromatic heterocycles. The molecular weight excluding hydrogens is 310 g/mol. The van der Waals surface area contributed by atoms with Gasteiger partial charge in [0.2, 0.25) is 5.91 Å². The van der Waals surface area contributed by atoms with Crippen LogP contribution in [0.5, 0.6) is 11.5 Å². The summed E-state index contributed by atoms with van der Waals surface area (Å²) >= 11 is 0. The number of carboxylic acid groups (broad SMARTS) is 1. The fourth-order valence-electron chi connectivity index (χ4n) is 4.31. The zero-order valence-corrected chi connectivity index (χ0v) is 13.9. The molecule has 1 N–H and O–H groups in total. The Hall–Kier alpha value is -2.24. The molecule has 0 spiro atoms. The SMILES string of the molecule is COc1ccc(CNC(=O)[C@H]2[C@@H]3CC[C@@H](C3)[C@@H]2C(=O)[O-])cc1OC. The first-order valence-corrected chi connectivity index (χ1v) is 8.24. The number of benzene rings is 1. The Bertz CT molecular complexity index is 644. The normalized spacial score (nSPS) is 27.8. The van der Waals surface area contributed by atoms with Crippen LogP contribution in [0.4, 0.5) is 0 Å². The van der Waals surface area contributed by atoms with Crippen molar-refractivity contribution < 1.29 is 24.2 Å². The number of carbonyl (C=O) groups excluding carboxylic acids is 2. The molecule has 0 aliphatic heterocycles. The number of nitrogens with one attached hydrogen (secondary N) is 1. The number of aliphatic carboxylic acids is 1. The third kappa shape index (κ3) is 2.92. The Morgan fingerprint density at radius 1 is 1.12 bits per heavy atom. The van der Waals surface area contributed by atoms with Crippen LogP contribution in [0.2, 0.25) is 0 Å². The largest absolute Gasteiger partial charge is 0.550 e. The molecule has 1 aromatic rings. The number of carboxylic acids is 1. The van der Waals surface area contributed by atoms with Gasteiger partial charge in [0.05, 0.1) is 14.2 Å². The molecule has 0 saturated heterocycles. The summed E-state index contributed by atoms with van der Waals surface area (Å²) in [6, 6.07) is 5.43. The molecule has 2 aliphatic rings. The Labute approximate surface area is 141 Å². The second-order valence-electron chi connectivity index (χ2n) is 6.61. The van der Waals surface area contributed by atoms with Gasteiger partial charge in [-0.2, -0.15) is 0 Å². The van der Waals surface area contributed by atoms with E-state index < -0.39 is 17.8 Å². The summed E-state index contributed by atoms with van der Waals surface area (Å²) in [6.45, 7) is 0.326. The van der Waals surface area contributed by atoms with E-state index in [-0.39, 0.29) is 17.7 Å². The lowest BCUT2D eigenvalue weighted by molar-refractivity contribution is -0.314. The second kappa shape index (κ2) is 6.71. The summed E-state index contributed by atoms with van der Waals surface area (Å²) in [4.78, 5) is 24.0. The maximum absolute atomic E-state index is 12.5. The topological polar surface area (TPSA) is 87.7 Å². The minimum Gasteiger partial charge on any atom is -0.550 e. The summed E-state index contributed by atoms with van der Waals surface area (Å²) in [5.41, 5.74) is 0.870. The molecule has 2 aliphatic carbocycles. The lowest BCUT2D eigenvalue weighted by Gasteiger charge is -2.30. The van der Waals surface area contributed by atoms with Crippen LogP contribution in [-0.2, 0) is 16.1 Å². The van der Waals surface area contributed by atoms with Gasteiger partial charge in [-0.15, -0.1) is 0 Å². The van der Waals surface area contributed by atoms with Crippen LogP contribution in [-0.4, -0.2) is 26.1 Å². The molecular formula is C18H22NO5-.